The van der Waals surface area contributed by atoms with E-state index in [1.807, 2.05) is 13.0 Å². The Kier molecular flexibility index (Phi) is 3.29. The second kappa shape index (κ2) is 4.26. The first kappa shape index (κ1) is 10.0. The molecule has 0 saturated carbocycles. The van der Waals surface area contributed by atoms with E-state index in [1.54, 1.807) is 6.07 Å². The molecule has 1 aromatic rings. The third-order valence-corrected chi connectivity index (χ3v) is 2.05. The van der Waals surface area contributed by atoms with Crippen LogP contribution in [0.15, 0.2) is 12.1 Å². The molecule has 0 aromatic carbocycles. The molecule has 0 spiro atoms. The normalized spacial score (nSPS) is 10.8. The smallest absolute Gasteiger partial charge is 0.137 e. The minimum absolute atomic E-state index is 0.325. The summed E-state index contributed by atoms with van der Waals surface area (Å²) in [5.74, 6) is 0.980. The molecule has 0 unspecified atom stereocenters. The first-order valence-electron chi connectivity index (χ1n) is 4.75. The molecule has 1 aromatic heterocycles. The number of aryl methyl sites for hydroxylation is 2. The maximum absolute atomic E-state index is 9.49. The number of pyridine rings is 1. The van der Waals surface area contributed by atoms with Crippen molar-refractivity contribution < 1.29 is 5.11 Å². The molecule has 0 saturated heterocycles. The van der Waals surface area contributed by atoms with E-state index in [0.717, 1.165) is 24.2 Å². The summed E-state index contributed by atoms with van der Waals surface area (Å²) in [6, 6.07) is 3.55. The quantitative estimate of drug-likeness (QED) is 0.773. The van der Waals surface area contributed by atoms with Gasteiger partial charge in [0.1, 0.15) is 5.75 Å². The summed E-state index contributed by atoms with van der Waals surface area (Å²) in [7, 11) is 0. The van der Waals surface area contributed by atoms with Crippen LogP contribution in [0.25, 0.3) is 0 Å². The standard InChI is InChI=1S/C11H17NO/c1-8(2)4-6-10-11(13)7-5-9(3)12-10/h5,7-8,13H,4,6H2,1-3H3. The number of aromatic nitrogens is 1. The zero-order chi connectivity index (χ0) is 9.84. The van der Waals surface area contributed by atoms with E-state index in [1.165, 1.54) is 0 Å². The average Bonchev–Trinajstić information content (AvgIpc) is 2.06. The van der Waals surface area contributed by atoms with Gasteiger partial charge in [-0.15, -0.1) is 0 Å². The molecule has 72 valence electrons. The number of aromatic hydroxyl groups is 1. The molecule has 1 heterocycles. The fourth-order valence-electron chi connectivity index (χ4n) is 1.21. The number of hydrogen-bond acceptors (Lipinski definition) is 2. The molecule has 0 bridgehead atoms. The van der Waals surface area contributed by atoms with Crippen LogP contribution in [0.5, 0.6) is 5.75 Å². The van der Waals surface area contributed by atoms with Gasteiger partial charge in [0.25, 0.3) is 0 Å². The van der Waals surface area contributed by atoms with Gasteiger partial charge in [0, 0.05) is 5.69 Å². The molecule has 0 radical (unpaired) electrons. The molecule has 0 aliphatic carbocycles. The number of nitrogens with zero attached hydrogens (tertiary/aromatic N) is 1. The zero-order valence-electron chi connectivity index (χ0n) is 8.54. The zero-order valence-corrected chi connectivity index (χ0v) is 8.54. The summed E-state index contributed by atoms with van der Waals surface area (Å²) < 4.78 is 0. The second-order valence-corrected chi connectivity index (χ2v) is 3.85. The first-order chi connectivity index (χ1) is 6.09. The molecule has 0 amide bonds. The van der Waals surface area contributed by atoms with E-state index in [-0.39, 0.29) is 0 Å². The van der Waals surface area contributed by atoms with Crippen molar-refractivity contribution in [1.82, 2.24) is 4.98 Å². The van der Waals surface area contributed by atoms with Crippen molar-refractivity contribution in [2.75, 3.05) is 0 Å². The Bertz CT molecular complexity index is 281. The highest BCUT2D eigenvalue weighted by Crippen LogP contribution is 2.17. The summed E-state index contributed by atoms with van der Waals surface area (Å²) in [4.78, 5) is 4.29. The van der Waals surface area contributed by atoms with Crippen LogP contribution in [0.3, 0.4) is 0 Å². The van der Waals surface area contributed by atoms with E-state index >= 15 is 0 Å². The van der Waals surface area contributed by atoms with Crippen molar-refractivity contribution >= 4 is 0 Å². The maximum atomic E-state index is 9.49. The third-order valence-electron chi connectivity index (χ3n) is 2.05. The highest BCUT2D eigenvalue weighted by atomic mass is 16.3. The van der Waals surface area contributed by atoms with Crippen molar-refractivity contribution in [2.24, 2.45) is 5.92 Å². The van der Waals surface area contributed by atoms with Crippen LogP contribution >= 0.6 is 0 Å². The van der Waals surface area contributed by atoms with Gasteiger partial charge in [-0.05, 0) is 37.8 Å². The molecule has 0 fully saturated rings. The Morgan fingerprint density at radius 3 is 2.69 bits per heavy atom. The molecular formula is C11H17NO. The van der Waals surface area contributed by atoms with Crippen LogP contribution in [0.4, 0.5) is 0 Å². The lowest BCUT2D eigenvalue weighted by Gasteiger charge is -2.06. The summed E-state index contributed by atoms with van der Waals surface area (Å²) in [6.45, 7) is 6.29. The predicted molar refractivity (Wildman–Crippen MR) is 53.8 cm³/mol. The highest BCUT2D eigenvalue weighted by Gasteiger charge is 2.03. The SMILES string of the molecule is Cc1ccc(O)c(CCC(C)C)n1. The fraction of sp³-hybridized carbons (Fsp3) is 0.545. The summed E-state index contributed by atoms with van der Waals surface area (Å²) in [5, 5.41) is 9.49. The summed E-state index contributed by atoms with van der Waals surface area (Å²) in [5.41, 5.74) is 1.80. The van der Waals surface area contributed by atoms with Crippen molar-refractivity contribution in [3.8, 4) is 5.75 Å². The number of hydrogen-bond donors (Lipinski definition) is 1. The van der Waals surface area contributed by atoms with Crippen LogP contribution in [0.1, 0.15) is 31.7 Å². The lowest BCUT2D eigenvalue weighted by atomic mass is 10.1. The molecule has 13 heavy (non-hydrogen) atoms. The van der Waals surface area contributed by atoms with E-state index in [0.29, 0.717) is 11.7 Å². The van der Waals surface area contributed by atoms with Gasteiger partial charge in [-0.1, -0.05) is 13.8 Å². The maximum Gasteiger partial charge on any atom is 0.137 e. The van der Waals surface area contributed by atoms with Gasteiger partial charge < -0.3 is 5.11 Å². The van der Waals surface area contributed by atoms with Gasteiger partial charge in [0.2, 0.25) is 0 Å². The molecule has 1 rings (SSSR count). The largest absolute Gasteiger partial charge is 0.506 e. The molecule has 2 heteroatoms. The second-order valence-electron chi connectivity index (χ2n) is 3.85. The molecule has 0 aliphatic rings. The number of rotatable bonds is 3. The van der Waals surface area contributed by atoms with Gasteiger partial charge >= 0.3 is 0 Å². The van der Waals surface area contributed by atoms with E-state index in [2.05, 4.69) is 18.8 Å². The minimum Gasteiger partial charge on any atom is -0.506 e. The van der Waals surface area contributed by atoms with Crippen LogP contribution in [-0.4, -0.2) is 10.1 Å². The molecule has 1 N–H and O–H groups in total. The van der Waals surface area contributed by atoms with Crippen molar-refractivity contribution in [3.63, 3.8) is 0 Å². The molecule has 2 nitrogen and oxygen atoms in total. The van der Waals surface area contributed by atoms with Crippen molar-refractivity contribution in [2.45, 2.75) is 33.6 Å². The van der Waals surface area contributed by atoms with E-state index in [9.17, 15) is 5.11 Å². The van der Waals surface area contributed by atoms with Crippen LogP contribution in [0.2, 0.25) is 0 Å². The third kappa shape index (κ3) is 3.05. The van der Waals surface area contributed by atoms with Crippen molar-refractivity contribution in [3.05, 3.63) is 23.5 Å². The Labute approximate surface area is 79.6 Å². The average molecular weight is 179 g/mol. The minimum atomic E-state index is 0.325. The van der Waals surface area contributed by atoms with Gasteiger partial charge in [-0.2, -0.15) is 0 Å². The molecular weight excluding hydrogens is 162 g/mol. The highest BCUT2D eigenvalue weighted by molar-refractivity contribution is 5.27. The fourth-order valence-corrected chi connectivity index (χ4v) is 1.21. The lowest BCUT2D eigenvalue weighted by molar-refractivity contribution is 0.458. The first-order valence-corrected chi connectivity index (χ1v) is 4.75. The Hall–Kier alpha value is -1.05. The molecule has 0 aliphatic heterocycles. The van der Waals surface area contributed by atoms with E-state index in [4.69, 9.17) is 0 Å². The van der Waals surface area contributed by atoms with Crippen LogP contribution in [0, 0.1) is 12.8 Å². The van der Waals surface area contributed by atoms with Gasteiger partial charge in [0.05, 0.1) is 5.69 Å². The Balaban J connectivity index is 2.70. The van der Waals surface area contributed by atoms with Gasteiger partial charge in [-0.25, -0.2) is 0 Å². The van der Waals surface area contributed by atoms with Crippen LogP contribution < -0.4 is 0 Å². The van der Waals surface area contributed by atoms with Gasteiger partial charge in [0.15, 0.2) is 0 Å². The Morgan fingerprint density at radius 1 is 1.38 bits per heavy atom. The van der Waals surface area contributed by atoms with Crippen LogP contribution in [-0.2, 0) is 6.42 Å². The summed E-state index contributed by atoms with van der Waals surface area (Å²) >= 11 is 0. The van der Waals surface area contributed by atoms with Gasteiger partial charge in [-0.3, -0.25) is 4.98 Å². The monoisotopic (exact) mass is 179 g/mol. The lowest BCUT2D eigenvalue weighted by Crippen LogP contribution is -1.96. The topological polar surface area (TPSA) is 33.1 Å². The molecule has 0 atom stereocenters. The summed E-state index contributed by atoms with van der Waals surface area (Å²) in [6.07, 6.45) is 1.94. The van der Waals surface area contributed by atoms with E-state index < -0.39 is 0 Å². The van der Waals surface area contributed by atoms with Crippen molar-refractivity contribution in [1.29, 1.82) is 0 Å². The predicted octanol–water partition coefficient (Wildman–Crippen LogP) is 2.68. The Morgan fingerprint density at radius 2 is 2.08 bits per heavy atom.